The number of carbonyl (C=O) groups is 1. The molecule has 1 heterocycles. The molecule has 0 spiro atoms. The molecule has 0 unspecified atom stereocenters. The van der Waals surface area contributed by atoms with E-state index in [9.17, 15) is 10.1 Å². The van der Waals surface area contributed by atoms with Crippen molar-refractivity contribution < 1.29 is 14.3 Å². The molecule has 2 rings (SSSR count). The minimum absolute atomic E-state index is 0.0116. The summed E-state index contributed by atoms with van der Waals surface area (Å²) in [6.07, 6.45) is 1.97. The molecule has 0 aliphatic rings. The zero-order chi connectivity index (χ0) is 23.9. The Bertz CT molecular complexity index is 1010. The Hall–Kier alpha value is -2.78. The van der Waals surface area contributed by atoms with Crippen molar-refractivity contribution in [2.45, 2.75) is 72.8 Å². The van der Waals surface area contributed by atoms with Gasteiger partial charge in [-0.1, -0.05) is 70.0 Å². The van der Waals surface area contributed by atoms with E-state index in [0.717, 1.165) is 18.4 Å². The molecule has 7 heteroatoms. The number of nitriles is 1. The Morgan fingerprint density at radius 3 is 2.38 bits per heavy atom. The number of halogens is 1. The average molecular weight is 458 g/mol. The van der Waals surface area contributed by atoms with Crippen molar-refractivity contribution in [3.8, 4) is 6.07 Å². The Labute approximate surface area is 195 Å². The molecule has 2 aromatic rings. The summed E-state index contributed by atoms with van der Waals surface area (Å²) in [5.74, 6) is -0.0998. The lowest BCUT2D eigenvalue weighted by molar-refractivity contribution is -0.151. The van der Waals surface area contributed by atoms with Crippen LogP contribution >= 0.6 is 11.6 Å². The number of unbranched alkanes of at least 4 members (excludes halogenated alkanes) is 1. The van der Waals surface area contributed by atoms with Crippen LogP contribution in [0.3, 0.4) is 0 Å². The number of rotatable bonds is 9. The second-order valence-corrected chi connectivity index (χ2v) is 8.97. The van der Waals surface area contributed by atoms with E-state index < -0.39 is 0 Å². The molecule has 0 amide bonds. The highest BCUT2D eigenvalue weighted by molar-refractivity contribution is 6.33. The van der Waals surface area contributed by atoms with Crippen molar-refractivity contribution >= 4 is 28.9 Å². The largest absolute Gasteiger partial charge is 0.454 e. The van der Waals surface area contributed by atoms with Gasteiger partial charge in [0.05, 0.1) is 10.7 Å². The van der Waals surface area contributed by atoms with Crippen LogP contribution in [0.2, 0.25) is 5.02 Å². The summed E-state index contributed by atoms with van der Waals surface area (Å²) >= 11 is 6.56. The molecule has 1 aromatic heterocycles. The molecule has 172 valence electrons. The number of nitrogens with zero attached hydrogens (tertiary/aromatic N) is 3. The van der Waals surface area contributed by atoms with E-state index in [1.165, 1.54) is 0 Å². The maximum Gasteiger partial charge on any atom is 0.308 e. The first-order valence-corrected chi connectivity index (χ1v) is 11.3. The van der Waals surface area contributed by atoms with Gasteiger partial charge in [0.1, 0.15) is 17.3 Å². The summed E-state index contributed by atoms with van der Waals surface area (Å²) in [6, 6.07) is 10.0. The van der Waals surface area contributed by atoms with Crippen molar-refractivity contribution in [3.63, 3.8) is 0 Å². The number of hydrogen-bond acceptors (Lipinski definition) is 5. The number of carbonyl (C=O) groups excluding carboxylic acids is 1. The minimum Gasteiger partial charge on any atom is -0.454 e. The molecule has 0 fully saturated rings. The van der Waals surface area contributed by atoms with Crippen LogP contribution in [0.25, 0.3) is 11.3 Å². The Kier molecular flexibility index (Phi) is 8.91. The predicted molar refractivity (Wildman–Crippen MR) is 127 cm³/mol. The molecule has 0 saturated carbocycles. The Balaban J connectivity index is 2.51. The van der Waals surface area contributed by atoms with Crippen molar-refractivity contribution in [1.82, 2.24) is 9.78 Å². The fourth-order valence-corrected chi connectivity index (χ4v) is 3.42. The summed E-state index contributed by atoms with van der Waals surface area (Å²) in [7, 11) is 0. The normalized spacial score (nSPS) is 12.2. The van der Waals surface area contributed by atoms with Gasteiger partial charge in [0.25, 0.3) is 0 Å². The topological polar surface area (TPSA) is 77.1 Å². The molecular formula is C25H32ClN3O3. The van der Waals surface area contributed by atoms with E-state index in [4.69, 9.17) is 21.1 Å². The van der Waals surface area contributed by atoms with Crippen LogP contribution in [0.4, 0.5) is 0 Å². The van der Waals surface area contributed by atoms with Crippen LogP contribution < -0.4 is 0 Å². The van der Waals surface area contributed by atoms with Gasteiger partial charge in [0.15, 0.2) is 5.76 Å². The van der Waals surface area contributed by atoms with Crippen LogP contribution in [0.1, 0.15) is 76.4 Å². The van der Waals surface area contributed by atoms with Gasteiger partial charge in [-0.15, -0.1) is 0 Å². The SMILES string of the molecule is CCCCC(=O)OCO/C(=C(/C#N)c1ccc(C(C)(C)C)cc1)c1c(Cl)c(C)nn1CC. The maximum atomic E-state index is 11.9. The van der Waals surface area contributed by atoms with Gasteiger partial charge in [-0.3, -0.25) is 9.48 Å². The molecule has 0 aliphatic heterocycles. The zero-order valence-electron chi connectivity index (χ0n) is 19.8. The summed E-state index contributed by atoms with van der Waals surface area (Å²) in [5, 5.41) is 14.9. The van der Waals surface area contributed by atoms with Gasteiger partial charge < -0.3 is 9.47 Å². The monoisotopic (exact) mass is 457 g/mol. The highest BCUT2D eigenvalue weighted by Crippen LogP contribution is 2.34. The lowest BCUT2D eigenvalue weighted by Crippen LogP contribution is -2.12. The average Bonchev–Trinajstić information content (AvgIpc) is 3.04. The fraction of sp³-hybridized carbons (Fsp3) is 0.480. The minimum atomic E-state index is -0.342. The number of hydrogen-bond donors (Lipinski definition) is 0. The first-order chi connectivity index (χ1) is 15.1. The molecule has 32 heavy (non-hydrogen) atoms. The lowest BCUT2D eigenvalue weighted by atomic mass is 9.86. The van der Waals surface area contributed by atoms with E-state index in [1.54, 1.807) is 11.6 Å². The molecule has 0 N–H and O–H groups in total. The molecule has 0 atom stereocenters. The van der Waals surface area contributed by atoms with Crippen LogP contribution in [0, 0.1) is 18.3 Å². The van der Waals surface area contributed by atoms with Crippen LogP contribution in [0.15, 0.2) is 24.3 Å². The molecule has 0 saturated heterocycles. The smallest absolute Gasteiger partial charge is 0.308 e. The van der Waals surface area contributed by atoms with Gasteiger partial charge in [0, 0.05) is 13.0 Å². The molecule has 6 nitrogen and oxygen atoms in total. The predicted octanol–water partition coefficient (Wildman–Crippen LogP) is 6.26. The molecule has 0 aliphatic carbocycles. The van der Waals surface area contributed by atoms with Crippen molar-refractivity contribution in [2.24, 2.45) is 0 Å². The number of aryl methyl sites for hydroxylation is 2. The van der Waals surface area contributed by atoms with Crippen LogP contribution in [-0.2, 0) is 26.2 Å². The number of allylic oxidation sites excluding steroid dienone is 1. The third kappa shape index (κ3) is 6.14. The lowest BCUT2D eigenvalue weighted by Gasteiger charge is -2.19. The maximum absolute atomic E-state index is 11.9. The second kappa shape index (κ2) is 11.2. The summed E-state index contributed by atoms with van der Waals surface area (Å²) in [4.78, 5) is 11.9. The first kappa shape index (κ1) is 25.5. The van der Waals surface area contributed by atoms with E-state index in [1.807, 2.05) is 38.1 Å². The van der Waals surface area contributed by atoms with Crippen molar-refractivity contribution in [3.05, 3.63) is 51.8 Å². The summed E-state index contributed by atoms with van der Waals surface area (Å²) in [5.41, 5.74) is 3.25. The third-order valence-electron chi connectivity index (χ3n) is 5.11. The number of aromatic nitrogens is 2. The van der Waals surface area contributed by atoms with E-state index in [2.05, 4.69) is 31.9 Å². The molecule has 0 bridgehead atoms. The van der Waals surface area contributed by atoms with Gasteiger partial charge in [-0.25, -0.2) is 0 Å². The standard InChI is InChI=1S/C25H32ClN3O3/c1-7-9-10-21(30)31-16-32-24(23-22(26)17(3)28-29(23)8-2)20(15-27)18-11-13-19(14-12-18)25(4,5)6/h11-14H,7-10,16H2,1-6H3/b24-20-. The highest BCUT2D eigenvalue weighted by atomic mass is 35.5. The summed E-state index contributed by atoms with van der Waals surface area (Å²) < 4.78 is 12.8. The van der Waals surface area contributed by atoms with Crippen LogP contribution in [-0.4, -0.2) is 22.5 Å². The molecule has 1 aromatic carbocycles. The van der Waals surface area contributed by atoms with Crippen molar-refractivity contribution in [2.75, 3.05) is 6.79 Å². The van der Waals surface area contributed by atoms with Gasteiger partial charge in [-0.2, -0.15) is 10.4 Å². The number of benzene rings is 1. The third-order valence-corrected chi connectivity index (χ3v) is 5.56. The van der Waals surface area contributed by atoms with E-state index >= 15 is 0 Å². The quantitative estimate of drug-likeness (QED) is 0.192. The highest BCUT2D eigenvalue weighted by Gasteiger charge is 2.24. The Morgan fingerprint density at radius 2 is 1.84 bits per heavy atom. The van der Waals surface area contributed by atoms with Gasteiger partial charge in [-0.05, 0) is 36.8 Å². The number of ether oxygens (including phenoxy) is 2. The number of esters is 1. The zero-order valence-corrected chi connectivity index (χ0v) is 20.5. The summed E-state index contributed by atoms with van der Waals surface area (Å²) in [6.45, 7) is 12.3. The van der Waals surface area contributed by atoms with Crippen molar-refractivity contribution in [1.29, 1.82) is 5.26 Å². The van der Waals surface area contributed by atoms with E-state index in [0.29, 0.717) is 40.5 Å². The van der Waals surface area contributed by atoms with Crippen LogP contribution in [0.5, 0.6) is 0 Å². The second-order valence-electron chi connectivity index (χ2n) is 8.59. The Morgan fingerprint density at radius 1 is 1.19 bits per heavy atom. The van der Waals surface area contributed by atoms with Gasteiger partial charge in [0.2, 0.25) is 6.79 Å². The molecule has 0 radical (unpaired) electrons. The molecular weight excluding hydrogens is 426 g/mol. The van der Waals surface area contributed by atoms with Gasteiger partial charge >= 0.3 is 5.97 Å². The van der Waals surface area contributed by atoms with E-state index in [-0.39, 0.29) is 23.9 Å². The fourth-order valence-electron chi connectivity index (χ4n) is 3.19. The first-order valence-electron chi connectivity index (χ1n) is 10.9.